The normalized spacial score (nSPS) is 11.3. The van der Waals surface area contributed by atoms with Gasteiger partial charge in [0.05, 0.1) is 7.85 Å². The maximum Gasteiger partial charge on any atom is 0.573 e. The number of para-hydroxylation sites is 1. The molecule has 0 aromatic heterocycles. The van der Waals surface area contributed by atoms with Gasteiger partial charge < -0.3 is 4.74 Å². The molecule has 0 N–H and O–H groups in total. The van der Waals surface area contributed by atoms with Gasteiger partial charge in [0.25, 0.3) is 0 Å². The van der Waals surface area contributed by atoms with E-state index < -0.39 is 6.36 Å². The predicted molar refractivity (Wildman–Crippen MR) is 42.6 cm³/mol. The molecule has 1 aromatic rings. The van der Waals surface area contributed by atoms with E-state index in [0.29, 0.717) is 5.56 Å². The minimum absolute atomic E-state index is 0.0201. The lowest BCUT2D eigenvalue weighted by Crippen LogP contribution is -2.18. The van der Waals surface area contributed by atoms with E-state index in [1.807, 2.05) is 0 Å². The zero-order valence-electron chi connectivity index (χ0n) is 6.64. The van der Waals surface area contributed by atoms with E-state index in [-0.39, 0.29) is 12.1 Å². The van der Waals surface area contributed by atoms with Gasteiger partial charge in [-0.25, -0.2) is 0 Å². The summed E-state index contributed by atoms with van der Waals surface area (Å²) in [4.78, 5) is 0. The highest BCUT2D eigenvalue weighted by molar-refractivity contribution is 6.08. The van der Waals surface area contributed by atoms with Gasteiger partial charge in [-0.3, -0.25) is 0 Å². The van der Waals surface area contributed by atoms with Crippen LogP contribution in [0.25, 0.3) is 0 Å². The van der Waals surface area contributed by atoms with Gasteiger partial charge in [0.15, 0.2) is 0 Å². The van der Waals surface area contributed by atoms with Crippen molar-refractivity contribution < 1.29 is 17.9 Å². The number of hydrogen-bond acceptors (Lipinski definition) is 1. The van der Waals surface area contributed by atoms with Gasteiger partial charge in [0.1, 0.15) is 5.75 Å². The Hall–Kier alpha value is -1.13. The van der Waals surface area contributed by atoms with Crippen molar-refractivity contribution in [1.82, 2.24) is 0 Å². The third-order valence-corrected chi connectivity index (χ3v) is 1.42. The van der Waals surface area contributed by atoms with Crippen LogP contribution in [0.4, 0.5) is 13.2 Å². The van der Waals surface area contributed by atoms with Crippen LogP contribution in [0.2, 0.25) is 0 Å². The molecule has 1 nitrogen and oxygen atoms in total. The summed E-state index contributed by atoms with van der Waals surface area (Å²) in [6.45, 7) is 0. The molecule has 0 atom stereocenters. The quantitative estimate of drug-likeness (QED) is 0.643. The predicted octanol–water partition coefficient (Wildman–Crippen LogP) is 2.25. The van der Waals surface area contributed by atoms with Gasteiger partial charge in [-0.05, 0) is 11.6 Å². The molecule has 1 aromatic carbocycles. The summed E-state index contributed by atoms with van der Waals surface area (Å²) in [6, 6.07) is 5.78. The summed E-state index contributed by atoms with van der Waals surface area (Å²) in [5, 5.41) is 0. The highest BCUT2D eigenvalue weighted by Crippen LogP contribution is 2.25. The van der Waals surface area contributed by atoms with E-state index in [1.165, 1.54) is 18.2 Å². The number of hydrogen-bond donors (Lipinski definition) is 0. The van der Waals surface area contributed by atoms with E-state index in [1.54, 1.807) is 6.07 Å². The molecular formula is C8H6BF3O. The topological polar surface area (TPSA) is 9.23 Å². The fourth-order valence-corrected chi connectivity index (χ4v) is 0.897. The SMILES string of the molecule is [B]Cc1ccccc1OC(F)(F)F. The van der Waals surface area contributed by atoms with Gasteiger partial charge in [-0.15, -0.1) is 13.2 Å². The van der Waals surface area contributed by atoms with Crippen LogP contribution < -0.4 is 4.74 Å². The molecule has 0 spiro atoms. The maximum atomic E-state index is 11.8. The Morgan fingerprint density at radius 3 is 2.38 bits per heavy atom. The molecule has 1 rings (SSSR count). The van der Waals surface area contributed by atoms with Crippen molar-refractivity contribution in [1.29, 1.82) is 0 Å². The molecule has 0 heterocycles. The third-order valence-electron chi connectivity index (χ3n) is 1.42. The zero-order valence-corrected chi connectivity index (χ0v) is 6.64. The van der Waals surface area contributed by atoms with Crippen molar-refractivity contribution in [3.05, 3.63) is 29.8 Å². The molecule has 0 aliphatic rings. The molecular weight excluding hydrogens is 180 g/mol. The summed E-state index contributed by atoms with van der Waals surface area (Å²) in [5.41, 5.74) is 0.333. The molecule has 13 heavy (non-hydrogen) atoms. The van der Waals surface area contributed by atoms with Crippen molar-refractivity contribution >= 4 is 7.85 Å². The zero-order chi connectivity index (χ0) is 9.90. The second-order valence-electron chi connectivity index (χ2n) is 2.36. The molecule has 0 amide bonds. The molecule has 5 heteroatoms. The number of halogens is 3. The van der Waals surface area contributed by atoms with E-state index in [4.69, 9.17) is 7.85 Å². The molecule has 0 saturated heterocycles. The largest absolute Gasteiger partial charge is 0.573 e. The molecule has 0 unspecified atom stereocenters. The summed E-state index contributed by atoms with van der Waals surface area (Å²) in [6.07, 6.45) is -4.64. The average molecular weight is 186 g/mol. The fraction of sp³-hybridized carbons (Fsp3) is 0.250. The van der Waals surface area contributed by atoms with E-state index >= 15 is 0 Å². The maximum absolute atomic E-state index is 11.8. The van der Waals surface area contributed by atoms with Crippen LogP contribution in [-0.4, -0.2) is 14.2 Å². The van der Waals surface area contributed by atoms with Gasteiger partial charge in [-0.1, -0.05) is 24.5 Å². The van der Waals surface area contributed by atoms with E-state index in [9.17, 15) is 13.2 Å². The summed E-state index contributed by atoms with van der Waals surface area (Å²) < 4.78 is 39.1. The monoisotopic (exact) mass is 186 g/mol. The molecule has 0 bridgehead atoms. The van der Waals surface area contributed by atoms with E-state index in [0.717, 1.165) is 0 Å². The lowest BCUT2D eigenvalue weighted by atomic mass is 9.96. The van der Waals surface area contributed by atoms with Crippen LogP contribution in [0.5, 0.6) is 5.75 Å². The Morgan fingerprint density at radius 1 is 1.23 bits per heavy atom. The molecule has 0 aliphatic heterocycles. The van der Waals surface area contributed by atoms with Crippen LogP contribution in [0, 0.1) is 0 Å². The lowest BCUT2D eigenvalue weighted by Gasteiger charge is -2.11. The van der Waals surface area contributed by atoms with Crippen molar-refractivity contribution in [2.24, 2.45) is 0 Å². The first-order chi connectivity index (χ1) is 6.03. The number of ether oxygens (including phenoxy) is 1. The molecule has 2 radical (unpaired) electrons. The third kappa shape index (κ3) is 3.01. The van der Waals surface area contributed by atoms with Gasteiger partial charge >= 0.3 is 6.36 Å². The minimum Gasteiger partial charge on any atom is -0.406 e. The van der Waals surface area contributed by atoms with Crippen LogP contribution in [0.1, 0.15) is 5.56 Å². The van der Waals surface area contributed by atoms with Crippen LogP contribution >= 0.6 is 0 Å². The van der Waals surface area contributed by atoms with Crippen molar-refractivity contribution in [3.63, 3.8) is 0 Å². The number of alkyl halides is 3. The van der Waals surface area contributed by atoms with Gasteiger partial charge in [0, 0.05) is 0 Å². The van der Waals surface area contributed by atoms with E-state index in [2.05, 4.69) is 4.74 Å². The van der Waals surface area contributed by atoms with Crippen LogP contribution in [0.3, 0.4) is 0 Å². The summed E-state index contributed by atoms with van der Waals surface area (Å²) in [7, 11) is 5.22. The number of benzene rings is 1. The first kappa shape index (κ1) is 9.96. The Morgan fingerprint density at radius 2 is 1.85 bits per heavy atom. The number of rotatable bonds is 2. The smallest absolute Gasteiger partial charge is 0.406 e. The fourth-order valence-electron chi connectivity index (χ4n) is 0.897. The van der Waals surface area contributed by atoms with Crippen molar-refractivity contribution in [3.8, 4) is 5.75 Å². The van der Waals surface area contributed by atoms with Crippen molar-refractivity contribution in [2.45, 2.75) is 12.7 Å². The Balaban J connectivity index is 2.87. The average Bonchev–Trinajstić information content (AvgIpc) is 2.02. The summed E-state index contributed by atoms with van der Waals surface area (Å²) in [5.74, 6) is -0.238. The molecule has 0 aliphatic carbocycles. The first-order valence-corrected chi connectivity index (χ1v) is 3.56. The highest BCUT2D eigenvalue weighted by Gasteiger charge is 2.31. The second-order valence-corrected chi connectivity index (χ2v) is 2.36. The first-order valence-electron chi connectivity index (χ1n) is 3.56. The molecule has 68 valence electrons. The summed E-state index contributed by atoms with van der Waals surface area (Å²) >= 11 is 0. The second kappa shape index (κ2) is 3.72. The molecule has 0 saturated carbocycles. The Bertz CT molecular complexity index is 285. The van der Waals surface area contributed by atoms with Crippen LogP contribution in [0.15, 0.2) is 24.3 Å². The Labute approximate surface area is 74.9 Å². The van der Waals surface area contributed by atoms with Gasteiger partial charge in [0.2, 0.25) is 0 Å². The highest BCUT2D eigenvalue weighted by atomic mass is 19.4. The van der Waals surface area contributed by atoms with Crippen LogP contribution in [-0.2, 0) is 6.32 Å². The van der Waals surface area contributed by atoms with Crippen molar-refractivity contribution in [2.75, 3.05) is 0 Å². The minimum atomic E-state index is -4.66. The lowest BCUT2D eigenvalue weighted by molar-refractivity contribution is -0.274. The standard InChI is InChI=1S/C8H6BF3O/c9-5-6-3-1-2-4-7(6)13-8(10,11)12/h1-4H,5H2. The molecule has 0 fully saturated rings. The van der Waals surface area contributed by atoms with Gasteiger partial charge in [-0.2, -0.15) is 0 Å². The Kier molecular flexibility index (Phi) is 2.85.